The summed E-state index contributed by atoms with van der Waals surface area (Å²) in [4.78, 5) is 12.8. The Bertz CT molecular complexity index is 748. The van der Waals surface area contributed by atoms with Crippen molar-refractivity contribution in [3.63, 3.8) is 0 Å². The van der Waals surface area contributed by atoms with Crippen LogP contribution in [0.2, 0.25) is 0 Å². The van der Waals surface area contributed by atoms with Crippen molar-refractivity contribution in [3.8, 4) is 17.2 Å². The number of hydrogen-bond acceptors (Lipinski definition) is 5. The van der Waals surface area contributed by atoms with Gasteiger partial charge >= 0.3 is 0 Å². The molecule has 0 bridgehead atoms. The van der Waals surface area contributed by atoms with E-state index in [2.05, 4.69) is 20.1 Å². The van der Waals surface area contributed by atoms with Crippen molar-refractivity contribution in [1.82, 2.24) is 24.7 Å². The van der Waals surface area contributed by atoms with E-state index in [4.69, 9.17) is 5.73 Å². The third-order valence-corrected chi connectivity index (χ3v) is 2.93. The van der Waals surface area contributed by atoms with Gasteiger partial charge in [-0.1, -0.05) is 6.07 Å². The first-order valence-corrected chi connectivity index (χ1v) is 6.23. The first kappa shape index (κ1) is 12.3. The zero-order valence-corrected chi connectivity index (χ0v) is 11.3. The van der Waals surface area contributed by atoms with Gasteiger partial charge in [-0.25, -0.2) is 14.6 Å². The van der Waals surface area contributed by atoms with Gasteiger partial charge in [-0.15, -0.1) is 0 Å². The standard InChI is InChI=1S/C14H14N6/c1-9-7-10(2)20(19-9)12-8-17-14(18-13(12)15)11-5-3-4-6-16-11/h3-8H,1-2H3,(H2,15,17,18). The monoisotopic (exact) mass is 266 g/mol. The highest BCUT2D eigenvalue weighted by molar-refractivity contribution is 5.58. The van der Waals surface area contributed by atoms with Gasteiger partial charge in [-0.2, -0.15) is 5.10 Å². The van der Waals surface area contributed by atoms with Crippen LogP contribution in [0.1, 0.15) is 11.4 Å². The summed E-state index contributed by atoms with van der Waals surface area (Å²) >= 11 is 0. The number of aryl methyl sites for hydroxylation is 2. The number of anilines is 1. The maximum absolute atomic E-state index is 6.03. The van der Waals surface area contributed by atoms with Crippen LogP contribution in [-0.4, -0.2) is 24.7 Å². The molecule has 0 saturated carbocycles. The molecule has 0 unspecified atom stereocenters. The maximum atomic E-state index is 6.03. The molecule has 0 amide bonds. The molecule has 3 aromatic heterocycles. The van der Waals surface area contributed by atoms with Crippen LogP contribution < -0.4 is 5.73 Å². The molecule has 6 heteroatoms. The fraction of sp³-hybridized carbons (Fsp3) is 0.143. The summed E-state index contributed by atoms with van der Waals surface area (Å²) in [6.07, 6.45) is 3.37. The van der Waals surface area contributed by atoms with E-state index in [1.807, 2.05) is 38.1 Å². The maximum Gasteiger partial charge on any atom is 0.180 e. The smallest absolute Gasteiger partial charge is 0.180 e. The Morgan fingerprint density at radius 1 is 1.15 bits per heavy atom. The van der Waals surface area contributed by atoms with E-state index in [9.17, 15) is 0 Å². The van der Waals surface area contributed by atoms with Crippen LogP contribution in [0.3, 0.4) is 0 Å². The fourth-order valence-corrected chi connectivity index (χ4v) is 2.04. The molecule has 0 aliphatic rings. The Kier molecular flexibility index (Phi) is 2.90. The van der Waals surface area contributed by atoms with Crippen LogP contribution in [-0.2, 0) is 0 Å². The zero-order valence-electron chi connectivity index (χ0n) is 11.3. The SMILES string of the molecule is Cc1cc(C)n(-c2cnc(-c3ccccn3)nc2N)n1. The van der Waals surface area contributed by atoms with Gasteiger partial charge in [0.05, 0.1) is 11.9 Å². The average Bonchev–Trinajstić information content (AvgIpc) is 2.78. The van der Waals surface area contributed by atoms with Crippen molar-refractivity contribution >= 4 is 5.82 Å². The second kappa shape index (κ2) is 4.73. The molecule has 2 N–H and O–H groups in total. The zero-order chi connectivity index (χ0) is 14.1. The van der Waals surface area contributed by atoms with Crippen molar-refractivity contribution in [2.45, 2.75) is 13.8 Å². The quantitative estimate of drug-likeness (QED) is 0.766. The van der Waals surface area contributed by atoms with Crippen molar-refractivity contribution < 1.29 is 0 Å². The van der Waals surface area contributed by atoms with E-state index in [1.54, 1.807) is 17.1 Å². The topological polar surface area (TPSA) is 82.5 Å². The summed E-state index contributed by atoms with van der Waals surface area (Å²) in [6.45, 7) is 3.90. The van der Waals surface area contributed by atoms with Crippen molar-refractivity contribution in [3.05, 3.63) is 48.0 Å². The van der Waals surface area contributed by atoms with Crippen molar-refractivity contribution in [2.75, 3.05) is 5.73 Å². The molecule has 0 aliphatic carbocycles. The van der Waals surface area contributed by atoms with E-state index in [0.717, 1.165) is 11.4 Å². The first-order valence-electron chi connectivity index (χ1n) is 6.23. The van der Waals surface area contributed by atoms with Gasteiger partial charge in [0.2, 0.25) is 0 Å². The summed E-state index contributed by atoms with van der Waals surface area (Å²) in [6, 6.07) is 7.55. The largest absolute Gasteiger partial charge is 0.382 e. The van der Waals surface area contributed by atoms with Crippen molar-refractivity contribution in [2.24, 2.45) is 0 Å². The third-order valence-electron chi connectivity index (χ3n) is 2.93. The Balaban J connectivity index is 2.06. The van der Waals surface area contributed by atoms with E-state index in [0.29, 0.717) is 23.0 Å². The van der Waals surface area contributed by atoms with Crippen LogP contribution in [0.15, 0.2) is 36.7 Å². The lowest BCUT2D eigenvalue weighted by Gasteiger charge is -2.08. The van der Waals surface area contributed by atoms with Crippen LogP contribution in [0.5, 0.6) is 0 Å². The number of nitrogen functional groups attached to an aromatic ring is 1. The molecule has 0 fully saturated rings. The lowest BCUT2D eigenvalue weighted by atomic mass is 10.3. The highest BCUT2D eigenvalue weighted by atomic mass is 15.3. The molecular weight excluding hydrogens is 252 g/mol. The van der Waals surface area contributed by atoms with Gasteiger partial charge in [0, 0.05) is 11.9 Å². The Morgan fingerprint density at radius 3 is 2.60 bits per heavy atom. The summed E-state index contributed by atoms with van der Waals surface area (Å²) in [5, 5.41) is 4.38. The highest BCUT2D eigenvalue weighted by Gasteiger charge is 2.11. The van der Waals surface area contributed by atoms with Gasteiger partial charge in [0.15, 0.2) is 11.6 Å². The lowest BCUT2D eigenvalue weighted by Crippen LogP contribution is -2.07. The predicted octanol–water partition coefficient (Wildman–Crippen LogP) is 1.92. The van der Waals surface area contributed by atoms with Crippen LogP contribution in [0, 0.1) is 13.8 Å². The molecule has 3 aromatic rings. The average molecular weight is 266 g/mol. The molecule has 20 heavy (non-hydrogen) atoms. The molecule has 0 atom stereocenters. The Hall–Kier alpha value is -2.76. The summed E-state index contributed by atoms with van der Waals surface area (Å²) in [7, 11) is 0. The first-order chi connectivity index (χ1) is 9.65. The van der Waals surface area contributed by atoms with Gasteiger partial charge in [-0.05, 0) is 32.0 Å². The molecule has 3 heterocycles. The second-order valence-corrected chi connectivity index (χ2v) is 4.52. The number of rotatable bonds is 2. The number of nitrogens with two attached hydrogens (primary N) is 1. The Morgan fingerprint density at radius 2 is 2.00 bits per heavy atom. The van der Waals surface area contributed by atoms with Gasteiger partial charge < -0.3 is 5.73 Å². The minimum absolute atomic E-state index is 0.381. The summed E-state index contributed by atoms with van der Waals surface area (Å²) < 4.78 is 1.74. The lowest BCUT2D eigenvalue weighted by molar-refractivity contribution is 0.825. The highest BCUT2D eigenvalue weighted by Crippen LogP contribution is 2.19. The normalized spacial score (nSPS) is 10.7. The molecule has 0 spiro atoms. The fourth-order valence-electron chi connectivity index (χ4n) is 2.04. The van der Waals surface area contributed by atoms with E-state index in [-0.39, 0.29) is 0 Å². The number of hydrogen-bond donors (Lipinski definition) is 1. The molecular formula is C14H14N6. The molecule has 0 aliphatic heterocycles. The van der Waals surface area contributed by atoms with Gasteiger partial charge in [0.25, 0.3) is 0 Å². The van der Waals surface area contributed by atoms with Crippen LogP contribution in [0.4, 0.5) is 5.82 Å². The van der Waals surface area contributed by atoms with E-state index >= 15 is 0 Å². The number of pyridine rings is 1. The summed E-state index contributed by atoms with van der Waals surface area (Å²) in [5.41, 5.74) is 9.31. The molecule has 0 radical (unpaired) electrons. The minimum atomic E-state index is 0.381. The third kappa shape index (κ3) is 2.11. The van der Waals surface area contributed by atoms with Gasteiger partial charge in [-0.3, -0.25) is 4.98 Å². The Labute approximate surface area is 116 Å². The van der Waals surface area contributed by atoms with Crippen molar-refractivity contribution in [1.29, 1.82) is 0 Å². The molecule has 0 saturated heterocycles. The van der Waals surface area contributed by atoms with Crippen LogP contribution >= 0.6 is 0 Å². The predicted molar refractivity (Wildman–Crippen MR) is 76.3 cm³/mol. The summed E-state index contributed by atoms with van der Waals surface area (Å²) in [5.74, 6) is 0.889. The van der Waals surface area contributed by atoms with Gasteiger partial charge in [0.1, 0.15) is 11.4 Å². The molecule has 6 nitrogen and oxygen atoms in total. The van der Waals surface area contributed by atoms with Crippen LogP contribution in [0.25, 0.3) is 17.2 Å². The number of nitrogens with zero attached hydrogens (tertiary/aromatic N) is 5. The second-order valence-electron chi connectivity index (χ2n) is 4.52. The molecule has 0 aromatic carbocycles. The number of aromatic nitrogens is 5. The molecule has 100 valence electrons. The van der Waals surface area contributed by atoms with E-state index < -0.39 is 0 Å². The van der Waals surface area contributed by atoms with E-state index in [1.165, 1.54) is 0 Å². The molecule has 3 rings (SSSR count). The minimum Gasteiger partial charge on any atom is -0.382 e.